The van der Waals surface area contributed by atoms with E-state index >= 15 is 0 Å². The highest BCUT2D eigenvalue weighted by molar-refractivity contribution is 6.36. The Morgan fingerprint density at radius 2 is 1.69 bits per heavy atom. The molecule has 1 aliphatic rings. The van der Waals surface area contributed by atoms with E-state index in [0.29, 0.717) is 17.1 Å². The van der Waals surface area contributed by atoms with Crippen LogP contribution < -0.4 is 14.8 Å². The maximum absolute atomic E-state index is 13.1. The predicted molar refractivity (Wildman–Crippen MR) is 110 cm³/mol. The fraction of sp³-hybridized carbons (Fsp3) is 0.273. The van der Waals surface area contributed by atoms with Crippen LogP contribution in [0.1, 0.15) is 11.1 Å². The minimum Gasteiger partial charge on any atom is -0.493 e. The number of nitrogens with one attached hydrogen (secondary N) is 1. The second-order valence-corrected chi connectivity index (χ2v) is 6.57. The largest absolute Gasteiger partial charge is 0.493 e. The molecule has 0 saturated carbocycles. The van der Waals surface area contributed by atoms with Crippen molar-refractivity contribution >= 4 is 23.1 Å². The monoisotopic (exact) mass is 396 g/mol. The number of rotatable bonds is 8. The number of carbonyl (C=O) groups is 2. The van der Waals surface area contributed by atoms with E-state index in [1.807, 2.05) is 31.2 Å². The summed E-state index contributed by atoms with van der Waals surface area (Å²) in [5.74, 6) is 0.244. The maximum Gasteiger partial charge on any atom is 0.278 e. The normalized spacial score (nSPS) is 13.9. The van der Waals surface area contributed by atoms with E-state index in [9.17, 15) is 9.59 Å². The first-order chi connectivity index (χ1) is 14.0. The molecule has 29 heavy (non-hydrogen) atoms. The van der Waals surface area contributed by atoms with Gasteiger partial charge in [-0.15, -0.1) is 0 Å². The van der Waals surface area contributed by atoms with E-state index in [1.54, 1.807) is 18.2 Å². The molecule has 0 aliphatic carbocycles. The standard InChI is InChI=1S/C22H24N2O5/c1-14-6-5-7-16(12-14)23-20-19(21(25)24(22(20)26)10-11-27-2)15-8-9-17(28-3)18(13-15)29-4/h5-9,12-13,23H,10-11H2,1-4H3. The maximum atomic E-state index is 13.1. The van der Waals surface area contributed by atoms with Gasteiger partial charge < -0.3 is 19.5 Å². The van der Waals surface area contributed by atoms with E-state index in [-0.39, 0.29) is 30.3 Å². The van der Waals surface area contributed by atoms with Crippen LogP contribution in [0.3, 0.4) is 0 Å². The Bertz CT molecular complexity index is 967. The van der Waals surface area contributed by atoms with Gasteiger partial charge in [-0.05, 0) is 42.3 Å². The van der Waals surface area contributed by atoms with Crippen LogP contribution in [0.4, 0.5) is 5.69 Å². The van der Waals surface area contributed by atoms with Crippen LogP contribution in [0.2, 0.25) is 0 Å². The molecule has 0 saturated heterocycles. The summed E-state index contributed by atoms with van der Waals surface area (Å²) in [5, 5.41) is 3.14. The number of ether oxygens (including phenoxy) is 3. The Balaban J connectivity index is 2.09. The van der Waals surface area contributed by atoms with Gasteiger partial charge in [0.25, 0.3) is 11.8 Å². The highest BCUT2D eigenvalue weighted by atomic mass is 16.5. The van der Waals surface area contributed by atoms with Gasteiger partial charge in [0.1, 0.15) is 5.70 Å². The topological polar surface area (TPSA) is 77.1 Å². The molecule has 0 aromatic heterocycles. The summed E-state index contributed by atoms with van der Waals surface area (Å²) in [7, 11) is 4.59. The van der Waals surface area contributed by atoms with Crippen molar-refractivity contribution in [1.29, 1.82) is 0 Å². The summed E-state index contributed by atoms with van der Waals surface area (Å²) in [6.45, 7) is 2.39. The van der Waals surface area contributed by atoms with Crippen molar-refractivity contribution in [3.05, 3.63) is 59.3 Å². The lowest BCUT2D eigenvalue weighted by Gasteiger charge is -2.14. The van der Waals surface area contributed by atoms with E-state index in [2.05, 4.69) is 5.32 Å². The molecule has 1 aliphatic heterocycles. The zero-order valence-corrected chi connectivity index (χ0v) is 16.9. The Morgan fingerprint density at radius 1 is 0.931 bits per heavy atom. The van der Waals surface area contributed by atoms with Crippen LogP contribution in [-0.4, -0.2) is 51.2 Å². The molecule has 152 valence electrons. The molecule has 0 radical (unpaired) electrons. The van der Waals surface area contributed by atoms with Crippen molar-refractivity contribution in [2.45, 2.75) is 6.92 Å². The summed E-state index contributed by atoms with van der Waals surface area (Å²) >= 11 is 0. The molecule has 7 nitrogen and oxygen atoms in total. The van der Waals surface area contributed by atoms with Crippen molar-refractivity contribution in [2.75, 3.05) is 39.8 Å². The summed E-state index contributed by atoms with van der Waals surface area (Å²) < 4.78 is 15.7. The summed E-state index contributed by atoms with van der Waals surface area (Å²) in [4.78, 5) is 27.4. The Morgan fingerprint density at radius 3 is 2.34 bits per heavy atom. The first kappa shape index (κ1) is 20.4. The molecule has 1 heterocycles. The van der Waals surface area contributed by atoms with Gasteiger partial charge in [0.05, 0.1) is 32.9 Å². The fourth-order valence-electron chi connectivity index (χ4n) is 3.20. The zero-order valence-electron chi connectivity index (χ0n) is 16.9. The number of aryl methyl sites for hydroxylation is 1. The third-order valence-corrected chi connectivity index (χ3v) is 4.65. The minimum atomic E-state index is -0.390. The number of imide groups is 1. The van der Waals surface area contributed by atoms with Gasteiger partial charge in [-0.3, -0.25) is 14.5 Å². The number of anilines is 1. The molecule has 7 heteroatoms. The molecular weight excluding hydrogens is 372 g/mol. The van der Waals surface area contributed by atoms with Gasteiger partial charge in [0, 0.05) is 12.8 Å². The van der Waals surface area contributed by atoms with Gasteiger partial charge in [-0.25, -0.2) is 0 Å². The molecule has 2 aromatic carbocycles. The van der Waals surface area contributed by atoms with Gasteiger partial charge in [-0.1, -0.05) is 18.2 Å². The third-order valence-electron chi connectivity index (χ3n) is 4.65. The highest BCUT2D eigenvalue weighted by Gasteiger charge is 2.39. The molecular formula is C22H24N2O5. The number of amides is 2. The van der Waals surface area contributed by atoms with Crippen molar-refractivity contribution in [1.82, 2.24) is 4.90 Å². The highest BCUT2D eigenvalue weighted by Crippen LogP contribution is 2.35. The molecule has 2 amide bonds. The van der Waals surface area contributed by atoms with Crippen LogP contribution in [0, 0.1) is 6.92 Å². The smallest absolute Gasteiger partial charge is 0.278 e. The number of nitrogens with zero attached hydrogens (tertiary/aromatic N) is 1. The summed E-state index contributed by atoms with van der Waals surface area (Å²) in [6.07, 6.45) is 0. The molecule has 1 N–H and O–H groups in total. The first-order valence-corrected chi connectivity index (χ1v) is 9.15. The zero-order chi connectivity index (χ0) is 21.0. The fourth-order valence-corrected chi connectivity index (χ4v) is 3.20. The van der Waals surface area contributed by atoms with Gasteiger partial charge >= 0.3 is 0 Å². The van der Waals surface area contributed by atoms with Crippen molar-refractivity contribution in [2.24, 2.45) is 0 Å². The Kier molecular flexibility index (Phi) is 6.19. The van der Waals surface area contributed by atoms with Crippen LogP contribution in [0.15, 0.2) is 48.2 Å². The lowest BCUT2D eigenvalue weighted by molar-refractivity contribution is -0.137. The lowest BCUT2D eigenvalue weighted by Crippen LogP contribution is -2.35. The number of methoxy groups -OCH3 is 3. The number of hydrogen-bond donors (Lipinski definition) is 1. The summed E-state index contributed by atoms with van der Waals surface area (Å²) in [6, 6.07) is 12.7. The van der Waals surface area contributed by atoms with Gasteiger partial charge in [0.15, 0.2) is 11.5 Å². The van der Waals surface area contributed by atoms with Gasteiger partial charge in [-0.2, -0.15) is 0 Å². The second kappa shape index (κ2) is 8.79. The number of benzene rings is 2. The Labute approximate surface area is 169 Å². The molecule has 0 unspecified atom stereocenters. The molecule has 0 fully saturated rings. The van der Waals surface area contributed by atoms with Crippen LogP contribution >= 0.6 is 0 Å². The quantitative estimate of drug-likeness (QED) is 0.692. The van der Waals surface area contributed by atoms with E-state index in [1.165, 1.54) is 26.2 Å². The van der Waals surface area contributed by atoms with E-state index in [4.69, 9.17) is 14.2 Å². The second-order valence-electron chi connectivity index (χ2n) is 6.57. The lowest BCUT2D eigenvalue weighted by atomic mass is 10.0. The average Bonchev–Trinajstić information content (AvgIpc) is 2.95. The molecule has 0 atom stereocenters. The average molecular weight is 396 g/mol. The molecule has 0 spiro atoms. The van der Waals surface area contributed by atoms with Crippen LogP contribution in [-0.2, 0) is 14.3 Å². The van der Waals surface area contributed by atoms with Crippen molar-refractivity contribution in [3.63, 3.8) is 0 Å². The SMILES string of the molecule is COCCN1C(=O)C(Nc2cccc(C)c2)=C(c2ccc(OC)c(OC)c2)C1=O. The number of carbonyl (C=O) groups excluding carboxylic acids is 2. The first-order valence-electron chi connectivity index (χ1n) is 9.15. The predicted octanol–water partition coefficient (Wildman–Crippen LogP) is 2.85. The minimum absolute atomic E-state index is 0.171. The molecule has 2 aromatic rings. The van der Waals surface area contributed by atoms with Crippen LogP contribution in [0.25, 0.3) is 5.57 Å². The Hall–Kier alpha value is -3.32. The van der Waals surface area contributed by atoms with Crippen molar-refractivity contribution < 1.29 is 23.8 Å². The molecule has 3 rings (SSSR count). The third kappa shape index (κ3) is 4.09. The van der Waals surface area contributed by atoms with Gasteiger partial charge in [0.2, 0.25) is 0 Å². The summed E-state index contributed by atoms with van der Waals surface area (Å²) in [5.41, 5.74) is 2.84. The molecule has 0 bridgehead atoms. The van der Waals surface area contributed by atoms with Crippen LogP contribution in [0.5, 0.6) is 11.5 Å². The van der Waals surface area contributed by atoms with Crippen molar-refractivity contribution in [3.8, 4) is 11.5 Å². The number of hydrogen-bond acceptors (Lipinski definition) is 6. The van der Waals surface area contributed by atoms with E-state index in [0.717, 1.165) is 11.3 Å². The van der Waals surface area contributed by atoms with E-state index < -0.39 is 5.91 Å².